The lowest BCUT2D eigenvalue weighted by Gasteiger charge is -1.89. The van der Waals surface area contributed by atoms with Crippen molar-refractivity contribution in [3.8, 4) is 0 Å². The number of amides is 1. The molecule has 13 heavy (non-hydrogen) atoms. The first-order chi connectivity index (χ1) is 5.89. The summed E-state index contributed by atoms with van der Waals surface area (Å²) in [4.78, 5) is 13.8. The van der Waals surface area contributed by atoms with E-state index in [1.807, 2.05) is 0 Å². The van der Waals surface area contributed by atoms with Gasteiger partial charge in [0.25, 0.3) is 0 Å². The summed E-state index contributed by atoms with van der Waals surface area (Å²) in [6.45, 7) is 0. The van der Waals surface area contributed by atoms with Crippen LogP contribution in [0, 0.1) is 6.42 Å². The van der Waals surface area contributed by atoms with Gasteiger partial charge in [-0.25, -0.2) is 13.4 Å². The van der Waals surface area contributed by atoms with E-state index in [1.54, 1.807) is 0 Å². The van der Waals surface area contributed by atoms with E-state index in [-0.39, 0.29) is 5.76 Å². The highest BCUT2D eigenvalue weighted by Gasteiger charge is 2.15. The van der Waals surface area contributed by atoms with E-state index in [1.165, 1.54) is 0 Å². The van der Waals surface area contributed by atoms with Gasteiger partial charge in [0, 0.05) is 6.26 Å². The third kappa shape index (κ3) is 2.55. The number of hydrogen-bond donors (Lipinski definition) is 1. The minimum Gasteiger partial charge on any atom is -0.432 e. The number of carbonyl (C=O) groups excluding carboxylic acids is 1. The fourth-order valence-corrected chi connectivity index (χ4v) is 1.14. The summed E-state index contributed by atoms with van der Waals surface area (Å²) in [7, 11) is -3.47. The fourth-order valence-electron chi connectivity index (χ4n) is 0.648. The summed E-state index contributed by atoms with van der Waals surface area (Å²) >= 11 is 0. The van der Waals surface area contributed by atoms with Crippen LogP contribution in [0.2, 0.25) is 0 Å². The van der Waals surface area contributed by atoms with Gasteiger partial charge >= 0.3 is 5.22 Å². The molecule has 0 aliphatic carbocycles. The monoisotopic (exact) mass is 203 g/mol. The Kier molecular flexibility index (Phi) is 2.37. The normalized spacial score (nSPS) is 11.5. The van der Waals surface area contributed by atoms with Gasteiger partial charge in [0.1, 0.15) is 12.2 Å². The lowest BCUT2D eigenvalue weighted by Crippen LogP contribution is -2.10. The summed E-state index contributed by atoms with van der Waals surface area (Å²) in [5.74, 6) is -0.705. The molecule has 0 bridgehead atoms. The Morgan fingerprint density at radius 3 is 2.69 bits per heavy atom. The van der Waals surface area contributed by atoms with Crippen LogP contribution in [0.5, 0.6) is 0 Å². The molecule has 0 unspecified atom stereocenters. The number of carbonyl (C=O) groups is 1. The Labute approximate surface area is 74.7 Å². The molecule has 0 spiro atoms. The van der Waals surface area contributed by atoms with Crippen LogP contribution in [-0.4, -0.2) is 25.6 Å². The number of primary amides is 1. The summed E-state index contributed by atoms with van der Waals surface area (Å²) in [6.07, 6.45) is 3.01. The summed E-state index contributed by atoms with van der Waals surface area (Å²) in [5, 5.41) is -0.431. The zero-order valence-corrected chi connectivity index (χ0v) is 7.54. The van der Waals surface area contributed by atoms with E-state index >= 15 is 0 Å². The quantitative estimate of drug-likeness (QED) is 0.686. The maximum atomic E-state index is 10.8. The molecule has 1 aromatic rings. The molecular formula is C6H7N2O4S. The topological polar surface area (TPSA) is 103 Å². The van der Waals surface area contributed by atoms with Gasteiger partial charge in [-0.05, 0) is 0 Å². The molecule has 0 saturated carbocycles. The fraction of sp³-hybridized carbons (Fsp3) is 0.167. The molecule has 1 amide bonds. The van der Waals surface area contributed by atoms with Gasteiger partial charge in [-0.3, -0.25) is 4.79 Å². The Morgan fingerprint density at radius 2 is 2.31 bits per heavy atom. The SMILES string of the molecule is CS(=O)(=O)c1ncc([CH]C(N)=O)o1. The number of oxazole rings is 1. The van der Waals surface area contributed by atoms with Crippen LogP contribution in [0.3, 0.4) is 0 Å². The average Bonchev–Trinajstić information content (AvgIpc) is 2.32. The number of hydrogen-bond acceptors (Lipinski definition) is 5. The van der Waals surface area contributed by atoms with Crippen LogP contribution in [0.1, 0.15) is 5.76 Å². The average molecular weight is 203 g/mol. The number of sulfone groups is 1. The van der Waals surface area contributed by atoms with Gasteiger partial charge in [-0.1, -0.05) is 0 Å². The molecule has 2 N–H and O–H groups in total. The van der Waals surface area contributed by atoms with Crippen molar-refractivity contribution < 1.29 is 17.6 Å². The third-order valence-corrected chi connectivity index (χ3v) is 1.93. The van der Waals surface area contributed by atoms with Crippen LogP contribution < -0.4 is 5.73 Å². The molecule has 1 rings (SSSR count). The molecule has 0 saturated heterocycles. The first kappa shape index (κ1) is 9.72. The van der Waals surface area contributed by atoms with E-state index in [0.29, 0.717) is 0 Å². The van der Waals surface area contributed by atoms with Crippen LogP contribution in [0.15, 0.2) is 15.8 Å². The van der Waals surface area contributed by atoms with Crippen molar-refractivity contribution in [2.24, 2.45) is 5.73 Å². The predicted octanol–water partition coefficient (Wildman–Crippen LogP) is -0.884. The van der Waals surface area contributed by atoms with Crippen molar-refractivity contribution >= 4 is 15.7 Å². The van der Waals surface area contributed by atoms with Crippen molar-refractivity contribution in [2.75, 3.05) is 6.26 Å². The summed E-state index contributed by atoms with van der Waals surface area (Å²) < 4.78 is 26.4. The Hall–Kier alpha value is -1.37. The highest BCUT2D eigenvalue weighted by Crippen LogP contribution is 2.10. The predicted molar refractivity (Wildman–Crippen MR) is 42.2 cm³/mol. The van der Waals surface area contributed by atoms with Crippen LogP contribution in [0.25, 0.3) is 0 Å². The van der Waals surface area contributed by atoms with Crippen LogP contribution in [-0.2, 0) is 14.6 Å². The maximum Gasteiger partial charge on any atom is 0.314 e. The molecule has 0 aliphatic heterocycles. The molecule has 7 heteroatoms. The zero-order chi connectivity index (χ0) is 10.1. The second-order valence-corrected chi connectivity index (χ2v) is 4.24. The van der Waals surface area contributed by atoms with Gasteiger partial charge in [-0.2, -0.15) is 0 Å². The number of nitrogens with zero attached hydrogens (tertiary/aromatic N) is 1. The second-order valence-electron chi connectivity index (χ2n) is 2.35. The molecule has 1 aromatic heterocycles. The second kappa shape index (κ2) is 3.17. The first-order valence-corrected chi connectivity index (χ1v) is 5.09. The minimum absolute atomic E-state index is 0.0212. The molecule has 71 valence electrons. The van der Waals surface area contributed by atoms with Crippen molar-refractivity contribution in [1.82, 2.24) is 4.98 Å². The largest absolute Gasteiger partial charge is 0.432 e. The molecular weight excluding hydrogens is 196 g/mol. The summed E-state index contributed by atoms with van der Waals surface area (Å²) in [6, 6.07) is 0. The summed E-state index contributed by atoms with van der Waals surface area (Å²) in [5.41, 5.74) is 4.81. The Bertz CT molecular complexity index is 420. The third-order valence-electron chi connectivity index (χ3n) is 1.10. The Morgan fingerprint density at radius 1 is 1.69 bits per heavy atom. The first-order valence-electron chi connectivity index (χ1n) is 3.19. The van der Waals surface area contributed by atoms with Crippen molar-refractivity contribution in [3.63, 3.8) is 0 Å². The van der Waals surface area contributed by atoms with Crippen molar-refractivity contribution in [1.29, 1.82) is 0 Å². The Balaban J connectivity index is 2.94. The number of rotatable bonds is 3. The molecule has 0 aromatic carbocycles. The molecule has 0 aliphatic rings. The zero-order valence-electron chi connectivity index (χ0n) is 6.72. The van der Waals surface area contributed by atoms with Gasteiger partial charge in [-0.15, -0.1) is 0 Å². The van der Waals surface area contributed by atoms with E-state index in [4.69, 9.17) is 10.2 Å². The van der Waals surface area contributed by atoms with Gasteiger partial charge < -0.3 is 10.2 Å². The van der Waals surface area contributed by atoms with Gasteiger partial charge in [0.05, 0.1) is 6.20 Å². The standard InChI is InChI=1S/C6H7N2O4S/c1-13(10,11)6-8-3-4(12-6)2-5(7)9/h2-3H,1H3,(H2,7,9). The minimum atomic E-state index is -3.47. The number of aromatic nitrogens is 1. The van der Waals surface area contributed by atoms with Gasteiger partial charge in [0.15, 0.2) is 0 Å². The van der Waals surface area contributed by atoms with Crippen LogP contribution in [0.4, 0.5) is 0 Å². The highest BCUT2D eigenvalue weighted by atomic mass is 32.2. The van der Waals surface area contributed by atoms with E-state index in [2.05, 4.69) is 4.98 Å². The van der Waals surface area contributed by atoms with E-state index in [9.17, 15) is 13.2 Å². The van der Waals surface area contributed by atoms with E-state index < -0.39 is 21.0 Å². The molecule has 6 nitrogen and oxygen atoms in total. The smallest absolute Gasteiger partial charge is 0.314 e. The molecule has 0 atom stereocenters. The maximum absolute atomic E-state index is 10.8. The lowest BCUT2D eigenvalue weighted by atomic mass is 10.3. The molecule has 0 fully saturated rings. The van der Waals surface area contributed by atoms with E-state index in [0.717, 1.165) is 18.9 Å². The lowest BCUT2D eigenvalue weighted by molar-refractivity contribution is -0.114. The van der Waals surface area contributed by atoms with Crippen molar-refractivity contribution in [2.45, 2.75) is 5.22 Å². The molecule has 1 radical (unpaired) electrons. The van der Waals surface area contributed by atoms with Gasteiger partial charge in [0.2, 0.25) is 15.7 Å². The van der Waals surface area contributed by atoms with Crippen molar-refractivity contribution in [3.05, 3.63) is 18.4 Å². The van der Waals surface area contributed by atoms with Crippen LogP contribution >= 0.6 is 0 Å². The highest BCUT2D eigenvalue weighted by molar-refractivity contribution is 7.90. The number of nitrogens with two attached hydrogens (primary N) is 1. The molecule has 1 heterocycles.